The Morgan fingerprint density at radius 2 is 1.10 bits per heavy atom. The highest BCUT2D eigenvalue weighted by Gasteiger charge is 2.25. The molecule has 0 bridgehead atoms. The lowest BCUT2D eigenvalue weighted by atomic mass is 9.86. The van der Waals surface area contributed by atoms with E-state index in [1.54, 1.807) is 30.5 Å². The van der Waals surface area contributed by atoms with Gasteiger partial charge in [-0.25, -0.2) is 8.42 Å². The Hall–Kier alpha value is -5.44. The highest BCUT2D eigenvalue weighted by atomic mass is 32.2. The lowest BCUT2D eigenvalue weighted by Crippen LogP contribution is -2.36. The molecule has 4 aromatic carbocycles. The number of nitrogens with zero attached hydrogens (tertiary/aromatic N) is 5. The summed E-state index contributed by atoms with van der Waals surface area (Å²) in [4.78, 5) is 16.9. The van der Waals surface area contributed by atoms with E-state index < -0.39 is 10.0 Å². The molecule has 0 amide bonds. The summed E-state index contributed by atoms with van der Waals surface area (Å²) in [6.45, 7) is 6.44. The fraction of sp³-hybridized carbons (Fsp3) is 0.271. The number of aryl methyl sites for hydroxylation is 1. The molecule has 1 aliphatic heterocycles. The summed E-state index contributed by atoms with van der Waals surface area (Å²) < 4.78 is 52.1. The van der Waals surface area contributed by atoms with E-state index >= 15 is 0 Å². The first-order valence-corrected chi connectivity index (χ1v) is 21.8. The maximum absolute atomic E-state index is 13.5. The monoisotopic (exact) mass is 823 g/mol. The van der Waals surface area contributed by atoms with Crippen LogP contribution >= 0.6 is 0 Å². The van der Waals surface area contributed by atoms with Gasteiger partial charge in [0, 0.05) is 50.3 Å². The predicted molar refractivity (Wildman–Crippen MR) is 235 cm³/mol. The molecule has 0 atom stereocenters. The molecule has 0 aliphatic carbocycles. The fourth-order valence-corrected chi connectivity index (χ4v) is 8.90. The van der Waals surface area contributed by atoms with Gasteiger partial charge in [0.2, 0.25) is 10.0 Å². The molecule has 1 fully saturated rings. The van der Waals surface area contributed by atoms with Crippen molar-refractivity contribution in [3.05, 3.63) is 145 Å². The van der Waals surface area contributed by atoms with Crippen molar-refractivity contribution in [3.8, 4) is 33.8 Å². The normalized spacial score (nSPS) is 16.1. The Morgan fingerprint density at radius 1 is 0.550 bits per heavy atom. The molecule has 0 unspecified atom stereocenters. The number of hydrogen-bond acceptors (Lipinski definition) is 10. The van der Waals surface area contributed by atoms with Crippen molar-refractivity contribution in [2.24, 2.45) is 0 Å². The predicted octanol–water partition coefficient (Wildman–Crippen LogP) is 8.02. The highest BCUT2D eigenvalue weighted by Crippen LogP contribution is 2.43. The second kappa shape index (κ2) is 19.7. The average molecular weight is 824 g/mol. The van der Waals surface area contributed by atoms with Gasteiger partial charge in [0.25, 0.3) is 0 Å². The van der Waals surface area contributed by atoms with Crippen molar-refractivity contribution >= 4 is 31.6 Å². The largest absolute Gasteiger partial charge is 0.378 e. The average Bonchev–Trinajstić information content (AvgIpc) is 3.29. The SMILES string of the molecule is Cc1ccc(S(=O)(=O)N2CCOCCOCCN(Cc3c4ccccc4c(-c4cc(-c5ccccn5)ncc4-c4ccccn4)c4ccccc34)CCOCCOC2)cc1. The molecule has 0 radical (unpaired) electrons. The van der Waals surface area contributed by atoms with Crippen molar-refractivity contribution < 1.29 is 27.4 Å². The van der Waals surface area contributed by atoms with Gasteiger partial charge < -0.3 is 18.9 Å². The first-order chi connectivity index (χ1) is 29.5. The molecule has 7 aromatic rings. The Kier molecular flexibility index (Phi) is 13.6. The maximum Gasteiger partial charge on any atom is 0.245 e. The van der Waals surface area contributed by atoms with E-state index in [1.807, 2.05) is 55.7 Å². The van der Waals surface area contributed by atoms with Crippen LogP contribution in [0.15, 0.2) is 139 Å². The first-order valence-electron chi connectivity index (χ1n) is 20.3. The van der Waals surface area contributed by atoms with Gasteiger partial charge in [0.15, 0.2) is 0 Å². The molecule has 3 aromatic heterocycles. The van der Waals surface area contributed by atoms with E-state index in [-0.39, 0.29) is 31.4 Å². The molecule has 60 heavy (non-hydrogen) atoms. The summed E-state index contributed by atoms with van der Waals surface area (Å²) >= 11 is 0. The number of benzene rings is 4. The third kappa shape index (κ3) is 9.61. The van der Waals surface area contributed by atoms with Crippen LogP contribution in [-0.2, 0) is 35.5 Å². The zero-order chi connectivity index (χ0) is 41.2. The molecular weight excluding hydrogens is 775 g/mol. The van der Waals surface area contributed by atoms with Crippen LogP contribution < -0.4 is 0 Å². The minimum Gasteiger partial charge on any atom is -0.378 e. The fourth-order valence-electron chi connectivity index (χ4n) is 7.59. The molecule has 4 heterocycles. The van der Waals surface area contributed by atoms with Crippen molar-refractivity contribution in [1.82, 2.24) is 24.2 Å². The van der Waals surface area contributed by atoms with Gasteiger partial charge in [-0.05, 0) is 87.6 Å². The lowest BCUT2D eigenvalue weighted by molar-refractivity contribution is 0.00776. The molecule has 0 N–H and O–H groups in total. The van der Waals surface area contributed by atoms with Gasteiger partial charge in [0.05, 0.1) is 68.2 Å². The molecule has 12 heteroatoms. The van der Waals surface area contributed by atoms with Gasteiger partial charge in [-0.1, -0.05) is 78.4 Å². The van der Waals surface area contributed by atoms with E-state index in [0.717, 1.165) is 60.9 Å². The summed E-state index contributed by atoms with van der Waals surface area (Å²) in [6.07, 6.45) is 5.53. The van der Waals surface area contributed by atoms with Crippen LogP contribution in [0.2, 0.25) is 0 Å². The summed E-state index contributed by atoms with van der Waals surface area (Å²) in [5, 5.41) is 4.58. The zero-order valence-electron chi connectivity index (χ0n) is 33.8. The molecular formula is C48H49N5O6S. The van der Waals surface area contributed by atoms with Crippen LogP contribution in [-0.4, -0.2) is 105 Å². The zero-order valence-corrected chi connectivity index (χ0v) is 34.6. The molecule has 8 rings (SSSR count). The van der Waals surface area contributed by atoms with Gasteiger partial charge in [0.1, 0.15) is 6.73 Å². The van der Waals surface area contributed by atoms with E-state index in [2.05, 4.69) is 64.5 Å². The van der Waals surface area contributed by atoms with E-state index in [4.69, 9.17) is 28.9 Å². The Morgan fingerprint density at radius 3 is 1.70 bits per heavy atom. The van der Waals surface area contributed by atoms with Gasteiger partial charge in [-0.3, -0.25) is 19.9 Å². The number of ether oxygens (including phenoxy) is 4. The molecule has 1 saturated heterocycles. The smallest absolute Gasteiger partial charge is 0.245 e. The van der Waals surface area contributed by atoms with Crippen LogP contribution in [0.1, 0.15) is 11.1 Å². The van der Waals surface area contributed by atoms with Gasteiger partial charge >= 0.3 is 0 Å². The van der Waals surface area contributed by atoms with E-state index in [1.165, 1.54) is 9.87 Å². The van der Waals surface area contributed by atoms with Crippen molar-refractivity contribution in [1.29, 1.82) is 0 Å². The third-order valence-electron chi connectivity index (χ3n) is 10.7. The van der Waals surface area contributed by atoms with Crippen LogP contribution in [0, 0.1) is 6.92 Å². The molecule has 0 spiro atoms. The molecule has 1 aliphatic rings. The standard InChI is InChI=1S/C48H49N5O6S/c1-36-16-18-37(19-17-36)60(54,55)53-24-27-58-29-28-56-25-22-52(23-26-57-30-31-59-35-53)34-44-38-10-2-4-12-40(38)48(41-13-5-3-11-39(41)44)42-32-47(46-15-7-9-21-50-46)51-33-43(42)45-14-6-8-20-49-45/h2-21,32-33H,22-31,34-35H2,1H3. The highest BCUT2D eigenvalue weighted by molar-refractivity contribution is 7.89. The summed E-state index contributed by atoms with van der Waals surface area (Å²) in [5.41, 5.74) is 7.73. The number of sulfonamides is 1. The second-order valence-corrected chi connectivity index (χ2v) is 16.6. The first kappa shape index (κ1) is 41.3. The Balaban J connectivity index is 1.07. The van der Waals surface area contributed by atoms with E-state index in [0.29, 0.717) is 52.7 Å². The Bertz CT molecular complexity index is 2560. The van der Waals surface area contributed by atoms with Crippen molar-refractivity contribution in [2.75, 3.05) is 72.6 Å². The molecule has 11 nitrogen and oxygen atoms in total. The number of rotatable bonds is 7. The number of fused-ring (bicyclic) bond motifs is 2. The quantitative estimate of drug-likeness (QED) is 0.146. The van der Waals surface area contributed by atoms with Gasteiger partial charge in [-0.2, -0.15) is 4.31 Å². The van der Waals surface area contributed by atoms with Crippen LogP contribution in [0.25, 0.3) is 55.3 Å². The maximum atomic E-state index is 13.5. The van der Waals surface area contributed by atoms with E-state index in [9.17, 15) is 8.42 Å². The van der Waals surface area contributed by atoms with Crippen LogP contribution in [0.4, 0.5) is 0 Å². The number of pyridine rings is 3. The minimum atomic E-state index is -3.78. The Labute approximate surface area is 351 Å². The van der Waals surface area contributed by atoms with Gasteiger partial charge in [-0.15, -0.1) is 0 Å². The van der Waals surface area contributed by atoms with Crippen molar-refractivity contribution in [2.45, 2.75) is 18.4 Å². The number of hydrogen-bond donors (Lipinski definition) is 0. The van der Waals surface area contributed by atoms with Crippen LogP contribution in [0.5, 0.6) is 0 Å². The third-order valence-corrected chi connectivity index (χ3v) is 12.5. The molecule has 0 saturated carbocycles. The number of aromatic nitrogens is 3. The summed E-state index contributed by atoms with van der Waals surface area (Å²) in [6, 6.07) is 38.1. The molecule has 308 valence electrons. The minimum absolute atomic E-state index is 0.102. The second-order valence-electron chi connectivity index (χ2n) is 14.6. The topological polar surface area (TPSA) is 116 Å². The lowest BCUT2D eigenvalue weighted by Gasteiger charge is -2.25. The summed E-state index contributed by atoms with van der Waals surface area (Å²) in [7, 11) is -3.78. The van der Waals surface area contributed by atoms with Crippen molar-refractivity contribution in [3.63, 3.8) is 0 Å². The summed E-state index contributed by atoms with van der Waals surface area (Å²) in [5.74, 6) is 0. The van der Waals surface area contributed by atoms with Crippen LogP contribution in [0.3, 0.4) is 0 Å².